The van der Waals surface area contributed by atoms with Crippen molar-refractivity contribution in [3.05, 3.63) is 164 Å². The largest absolute Gasteiger partial charge is 0.455 e. The Kier molecular flexibility index (Phi) is 6.64. The molecule has 6 aromatic carbocycles. The topological polar surface area (TPSA) is 51.8 Å². The molecule has 0 unspecified atom stereocenters. The molecule has 0 spiro atoms. The third-order valence-corrected chi connectivity index (χ3v) is 10.5. The smallest absolute Gasteiger partial charge is 0.160 e. The first kappa shape index (κ1) is 28.6. The highest BCUT2D eigenvalue weighted by molar-refractivity contribution is 7.25. The third kappa shape index (κ3) is 4.71. The van der Waals surface area contributed by atoms with Crippen LogP contribution in [0.4, 0.5) is 0 Å². The molecule has 0 aliphatic carbocycles. The van der Waals surface area contributed by atoms with Crippen LogP contribution in [0.2, 0.25) is 0 Å². The molecule has 0 saturated carbocycles. The van der Waals surface area contributed by atoms with Crippen LogP contribution >= 0.6 is 11.3 Å². The molecular weight excluding hydrogens is 631 g/mol. The number of thiophene rings is 1. The molecule has 4 heterocycles. The van der Waals surface area contributed by atoms with Crippen molar-refractivity contribution in [3.8, 4) is 56.2 Å². The summed E-state index contributed by atoms with van der Waals surface area (Å²) >= 11 is 1.84. The van der Waals surface area contributed by atoms with Gasteiger partial charge in [-0.15, -0.1) is 11.3 Å². The Morgan fingerprint density at radius 2 is 1.16 bits per heavy atom. The minimum absolute atomic E-state index is 0.648. The van der Waals surface area contributed by atoms with Crippen molar-refractivity contribution in [1.29, 1.82) is 0 Å². The summed E-state index contributed by atoms with van der Waals surface area (Å²) in [6.45, 7) is 0. The fraction of sp³-hybridized carbons (Fsp3) is 0. The van der Waals surface area contributed by atoms with Gasteiger partial charge in [0, 0.05) is 65.6 Å². The molecule has 0 N–H and O–H groups in total. The molecule has 0 aliphatic rings. The van der Waals surface area contributed by atoms with Gasteiger partial charge in [-0.05, 0) is 59.2 Å². The van der Waals surface area contributed by atoms with Gasteiger partial charge < -0.3 is 4.42 Å². The van der Waals surface area contributed by atoms with Crippen LogP contribution in [-0.4, -0.2) is 15.0 Å². The summed E-state index contributed by atoms with van der Waals surface area (Å²) < 4.78 is 9.34. The lowest BCUT2D eigenvalue weighted by molar-refractivity contribution is 0.670. The standard InChI is InChI=1S/C45H27N3OS/c1-2-11-28(12-3-1)37-26-38(48-45(47-37)30-14-8-13-29(25-30)31-15-10-24-46-27-31)34-23-22-33(43-35-16-4-6-19-39(35)49-44(34)43)32-18-9-21-41-42(32)36-17-5-7-20-40(36)50-41/h1-27H. The monoisotopic (exact) mass is 657 g/mol. The maximum Gasteiger partial charge on any atom is 0.160 e. The molecule has 10 aromatic rings. The third-order valence-electron chi connectivity index (χ3n) is 9.41. The molecule has 0 atom stereocenters. The van der Waals surface area contributed by atoms with Crippen molar-refractivity contribution in [2.24, 2.45) is 0 Å². The van der Waals surface area contributed by atoms with E-state index in [0.29, 0.717) is 5.82 Å². The fourth-order valence-electron chi connectivity index (χ4n) is 7.10. The van der Waals surface area contributed by atoms with E-state index in [9.17, 15) is 0 Å². The molecule has 50 heavy (non-hydrogen) atoms. The predicted octanol–water partition coefficient (Wildman–Crippen LogP) is 12.5. The van der Waals surface area contributed by atoms with Gasteiger partial charge in [-0.3, -0.25) is 4.98 Å². The van der Waals surface area contributed by atoms with E-state index in [4.69, 9.17) is 14.4 Å². The Morgan fingerprint density at radius 3 is 2.06 bits per heavy atom. The highest BCUT2D eigenvalue weighted by Gasteiger charge is 2.21. The Hall–Kier alpha value is -6.43. The SMILES string of the molecule is c1ccc(-c2cc(-c3ccc(-c4cccc5sc6ccccc6c45)c4c3oc3ccccc34)nc(-c3cccc(-c4cccnc4)c3)n2)cc1. The van der Waals surface area contributed by atoms with Crippen LogP contribution in [-0.2, 0) is 0 Å². The predicted molar refractivity (Wildman–Crippen MR) is 207 cm³/mol. The second-order valence-electron chi connectivity index (χ2n) is 12.4. The summed E-state index contributed by atoms with van der Waals surface area (Å²) in [7, 11) is 0. The van der Waals surface area contributed by atoms with Crippen LogP contribution in [0, 0.1) is 0 Å². The summed E-state index contributed by atoms with van der Waals surface area (Å²) in [5.41, 5.74) is 10.6. The lowest BCUT2D eigenvalue weighted by atomic mass is 9.93. The fourth-order valence-corrected chi connectivity index (χ4v) is 8.23. The normalized spacial score (nSPS) is 11.6. The number of hydrogen-bond acceptors (Lipinski definition) is 5. The second kappa shape index (κ2) is 11.6. The number of para-hydroxylation sites is 1. The van der Waals surface area contributed by atoms with Crippen LogP contribution in [0.5, 0.6) is 0 Å². The molecule has 234 valence electrons. The molecule has 5 heteroatoms. The quantitative estimate of drug-likeness (QED) is 0.185. The Balaban J connectivity index is 1.23. The second-order valence-corrected chi connectivity index (χ2v) is 13.5. The van der Waals surface area contributed by atoms with Crippen LogP contribution < -0.4 is 0 Å². The van der Waals surface area contributed by atoms with Crippen LogP contribution in [0.15, 0.2) is 168 Å². The zero-order chi connectivity index (χ0) is 33.0. The van der Waals surface area contributed by atoms with Crippen molar-refractivity contribution in [2.75, 3.05) is 0 Å². The minimum Gasteiger partial charge on any atom is -0.455 e. The molecule has 0 fully saturated rings. The van der Waals surface area contributed by atoms with Crippen molar-refractivity contribution in [3.63, 3.8) is 0 Å². The van der Waals surface area contributed by atoms with Crippen molar-refractivity contribution >= 4 is 53.4 Å². The van der Waals surface area contributed by atoms with Gasteiger partial charge in [0.2, 0.25) is 0 Å². The number of pyridine rings is 1. The lowest BCUT2D eigenvalue weighted by Gasteiger charge is -2.12. The number of hydrogen-bond donors (Lipinski definition) is 0. The summed E-state index contributed by atoms with van der Waals surface area (Å²) in [5.74, 6) is 0.648. The van der Waals surface area contributed by atoms with Crippen molar-refractivity contribution in [1.82, 2.24) is 15.0 Å². The molecule has 0 bridgehead atoms. The van der Waals surface area contributed by atoms with Gasteiger partial charge in [-0.1, -0.05) is 109 Å². The number of fused-ring (bicyclic) bond motifs is 6. The van der Waals surface area contributed by atoms with E-state index in [1.807, 2.05) is 53.9 Å². The maximum atomic E-state index is 6.78. The van der Waals surface area contributed by atoms with Crippen LogP contribution in [0.25, 0.3) is 98.3 Å². The van der Waals surface area contributed by atoms with E-state index in [1.54, 1.807) is 6.20 Å². The number of rotatable bonds is 5. The molecule has 0 saturated heterocycles. The van der Waals surface area contributed by atoms with E-state index in [2.05, 4.69) is 120 Å². The molecule has 0 aliphatic heterocycles. The zero-order valence-corrected chi connectivity index (χ0v) is 27.6. The summed E-state index contributed by atoms with van der Waals surface area (Å²) in [4.78, 5) is 14.7. The number of benzene rings is 6. The minimum atomic E-state index is 0.648. The number of nitrogens with zero attached hydrogens (tertiary/aromatic N) is 3. The summed E-state index contributed by atoms with van der Waals surface area (Å²) in [5, 5.41) is 4.71. The van der Waals surface area contributed by atoms with Crippen molar-refractivity contribution in [2.45, 2.75) is 0 Å². The molecule has 0 amide bonds. The number of furan rings is 1. The van der Waals surface area contributed by atoms with Gasteiger partial charge in [0.05, 0.1) is 11.4 Å². The maximum absolute atomic E-state index is 6.78. The Labute approximate surface area is 292 Å². The van der Waals surface area contributed by atoms with Crippen LogP contribution in [0.3, 0.4) is 0 Å². The van der Waals surface area contributed by atoms with Gasteiger partial charge in [-0.2, -0.15) is 0 Å². The van der Waals surface area contributed by atoms with Gasteiger partial charge in [-0.25, -0.2) is 9.97 Å². The molecule has 10 rings (SSSR count). The van der Waals surface area contributed by atoms with Gasteiger partial charge >= 0.3 is 0 Å². The average molecular weight is 658 g/mol. The van der Waals surface area contributed by atoms with E-state index in [1.165, 1.54) is 25.7 Å². The first-order valence-corrected chi connectivity index (χ1v) is 17.4. The van der Waals surface area contributed by atoms with Crippen molar-refractivity contribution < 1.29 is 4.42 Å². The molecular formula is C45H27N3OS. The highest BCUT2D eigenvalue weighted by atomic mass is 32.1. The molecule has 4 nitrogen and oxygen atoms in total. The molecule has 4 aromatic heterocycles. The van der Waals surface area contributed by atoms with E-state index in [0.717, 1.165) is 66.7 Å². The lowest BCUT2D eigenvalue weighted by Crippen LogP contribution is -1.96. The van der Waals surface area contributed by atoms with Gasteiger partial charge in [0.25, 0.3) is 0 Å². The van der Waals surface area contributed by atoms with Crippen LogP contribution in [0.1, 0.15) is 0 Å². The van der Waals surface area contributed by atoms with E-state index < -0.39 is 0 Å². The Morgan fingerprint density at radius 1 is 0.460 bits per heavy atom. The highest BCUT2D eigenvalue weighted by Crippen LogP contribution is 2.46. The number of aromatic nitrogens is 3. The zero-order valence-electron chi connectivity index (χ0n) is 26.7. The van der Waals surface area contributed by atoms with Gasteiger partial charge in [0.15, 0.2) is 5.82 Å². The first-order chi connectivity index (χ1) is 24.8. The van der Waals surface area contributed by atoms with E-state index in [-0.39, 0.29) is 0 Å². The first-order valence-electron chi connectivity index (χ1n) is 16.6. The Bertz CT molecular complexity index is 2870. The van der Waals surface area contributed by atoms with E-state index >= 15 is 0 Å². The average Bonchev–Trinajstić information content (AvgIpc) is 3.77. The summed E-state index contributed by atoms with van der Waals surface area (Å²) in [6, 6.07) is 52.8. The van der Waals surface area contributed by atoms with Gasteiger partial charge in [0.1, 0.15) is 11.2 Å². The summed E-state index contributed by atoms with van der Waals surface area (Å²) in [6.07, 6.45) is 3.67. The molecule has 0 radical (unpaired) electrons.